The summed E-state index contributed by atoms with van der Waals surface area (Å²) in [5, 5.41) is 0. The molecule has 19 heavy (non-hydrogen) atoms. The molecule has 3 rings (SSSR count). The second-order valence-electron chi connectivity index (χ2n) is 4.62. The van der Waals surface area contributed by atoms with Gasteiger partial charge >= 0.3 is 5.97 Å². The van der Waals surface area contributed by atoms with Crippen LogP contribution in [0.2, 0.25) is 0 Å². The summed E-state index contributed by atoms with van der Waals surface area (Å²) >= 11 is 0. The van der Waals surface area contributed by atoms with E-state index in [9.17, 15) is 4.79 Å². The number of rotatable bonds is 2. The van der Waals surface area contributed by atoms with Gasteiger partial charge in [-0.25, -0.2) is 4.79 Å². The lowest BCUT2D eigenvalue weighted by atomic mass is 9.97. The lowest BCUT2D eigenvalue weighted by Crippen LogP contribution is -2.01. The largest absolute Gasteiger partial charge is 0.496 e. The first kappa shape index (κ1) is 11.8. The Kier molecular flexibility index (Phi) is 2.75. The van der Waals surface area contributed by atoms with Gasteiger partial charge in [-0.15, -0.1) is 0 Å². The molecule has 1 aliphatic rings. The summed E-state index contributed by atoms with van der Waals surface area (Å²) in [6.45, 7) is 2.03. The van der Waals surface area contributed by atoms with E-state index in [-0.39, 0.29) is 12.1 Å². The van der Waals surface area contributed by atoms with E-state index in [0.717, 1.165) is 11.1 Å². The van der Waals surface area contributed by atoms with Gasteiger partial charge in [0.15, 0.2) is 6.10 Å². The molecular weight excluding hydrogens is 240 g/mol. The lowest BCUT2D eigenvalue weighted by Gasteiger charge is -2.14. The number of hydrogen-bond donors (Lipinski definition) is 0. The van der Waals surface area contributed by atoms with Crippen molar-refractivity contribution in [1.29, 1.82) is 0 Å². The van der Waals surface area contributed by atoms with Crippen molar-refractivity contribution in [3.05, 3.63) is 64.7 Å². The molecule has 1 heterocycles. The van der Waals surface area contributed by atoms with Crippen LogP contribution in [0.1, 0.15) is 33.2 Å². The fourth-order valence-corrected chi connectivity index (χ4v) is 2.38. The maximum Gasteiger partial charge on any atom is 0.339 e. The van der Waals surface area contributed by atoms with Gasteiger partial charge in [0.1, 0.15) is 5.75 Å². The molecular formula is C16H14O3. The molecule has 0 spiro atoms. The second kappa shape index (κ2) is 4.43. The van der Waals surface area contributed by atoms with Crippen LogP contribution in [-0.4, -0.2) is 13.1 Å². The van der Waals surface area contributed by atoms with Crippen LogP contribution in [0.5, 0.6) is 5.75 Å². The molecule has 1 unspecified atom stereocenters. The quantitative estimate of drug-likeness (QED) is 0.772. The van der Waals surface area contributed by atoms with Crippen molar-refractivity contribution in [2.75, 3.05) is 7.11 Å². The van der Waals surface area contributed by atoms with Crippen molar-refractivity contribution in [1.82, 2.24) is 0 Å². The molecule has 0 bridgehead atoms. The maximum absolute atomic E-state index is 11.9. The molecule has 1 atom stereocenters. The Labute approximate surface area is 111 Å². The molecule has 0 saturated carbocycles. The highest BCUT2D eigenvalue weighted by molar-refractivity contribution is 5.95. The Bertz CT molecular complexity index is 629. The molecule has 0 N–H and O–H groups in total. The molecule has 3 heteroatoms. The number of hydrogen-bond acceptors (Lipinski definition) is 3. The number of benzene rings is 2. The van der Waals surface area contributed by atoms with E-state index in [1.54, 1.807) is 19.2 Å². The van der Waals surface area contributed by atoms with E-state index in [4.69, 9.17) is 9.47 Å². The van der Waals surface area contributed by atoms with E-state index < -0.39 is 0 Å². The number of methoxy groups -OCH3 is 1. The highest BCUT2D eigenvalue weighted by Gasteiger charge is 2.34. The molecule has 2 aromatic carbocycles. The average Bonchev–Trinajstić information content (AvgIpc) is 2.77. The Hall–Kier alpha value is -2.29. The van der Waals surface area contributed by atoms with Gasteiger partial charge in [0.05, 0.1) is 18.2 Å². The van der Waals surface area contributed by atoms with Crippen LogP contribution in [0.25, 0.3) is 0 Å². The zero-order valence-corrected chi connectivity index (χ0v) is 10.8. The van der Waals surface area contributed by atoms with Crippen LogP contribution >= 0.6 is 0 Å². The molecule has 1 aliphatic heterocycles. The van der Waals surface area contributed by atoms with Gasteiger partial charge in [-0.05, 0) is 24.6 Å². The molecule has 96 valence electrons. The first-order valence-corrected chi connectivity index (χ1v) is 6.15. The van der Waals surface area contributed by atoms with Crippen molar-refractivity contribution >= 4 is 5.97 Å². The minimum absolute atomic E-state index is 0.292. The Balaban J connectivity index is 2.13. The van der Waals surface area contributed by atoms with Gasteiger partial charge in [0.25, 0.3) is 0 Å². The number of cyclic esters (lactones) is 1. The molecule has 3 nitrogen and oxygen atoms in total. The average molecular weight is 254 g/mol. The normalized spacial score (nSPS) is 16.9. The number of ether oxygens (including phenoxy) is 2. The third kappa shape index (κ3) is 1.87. The highest BCUT2D eigenvalue weighted by atomic mass is 16.6. The second-order valence-corrected chi connectivity index (χ2v) is 4.62. The molecule has 0 aromatic heterocycles. The van der Waals surface area contributed by atoms with Crippen LogP contribution in [-0.2, 0) is 4.74 Å². The van der Waals surface area contributed by atoms with Crippen LogP contribution < -0.4 is 4.74 Å². The van der Waals surface area contributed by atoms with Crippen LogP contribution in [0.3, 0.4) is 0 Å². The highest BCUT2D eigenvalue weighted by Crippen LogP contribution is 2.41. The van der Waals surface area contributed by atoms with Gasteiger partial charge in [-0.1, -0.05) is 35.9 Å². The van der Waals surface area contributed by atoms with E-state index >= 15 is 0 Å². The summed E-state index contributed by atoms with van der Waals surface area (Å²) in [6, 6.07) is 13.4. The number of esters is 1. The predicted octanol–water partition coefficient (Wildman–Crippen LogP) is 3.26. The predicted molar refractivity (Wildman–Crippen MR) is 71.4 cm³/mol. The molecule has 0 radical (unpaired) electrons. The summed E-state index contributed by atoms with van der Waals surface area (Å²) in [5.41, 5.74) is 3.54. The summed E-state index contributed by atoms with van der Waals surface area (Å²) in [5.74, 6) is 0.397. The molecule has 0 fully saturated rings. The fraction of sp³-hybridized carbons (Fsp3) is 0.188. The Morgan fingerprint density at radius 1 is 1.11 bits per heavy atom. The first-order valence-electron chi connectivity index (χ1n) is 6.15. The number of carbonyl (C=O) groups is 1. The monoisotopic (exact) mass is 254 g/mol. The minimum atomic E-state index is -0.376. The minimum Gasteiger partial charge on any atom is -0.496 e. The van der Waals surface area contributed by atoms with Crippen molar-refractivity contribution < 1.29 is 14.3 Å². The summed E-state index contributed by atoms with van der Waals surface area (Å²) in [6.07, 6.45) is -0.376. The summed E-state index contributed by atoms with van der Waals surface area (Å²) < 4.78 is 10.8. The summed E-state index contributed by atoms with van der Waals surface area (Å²) in [4.78, 5) is 11.9. The smallest absolute Gasteiger partial charge is 0.339 e. The van der Waals surface area contributed by atoms with Crippen LogP contribution in [0.4, 0.5) is 0 Å². The Morgan fingerprint density at radius 3 is 2.53 bits per heavy atom. The van der Waals surface area contributed by atoms with Crippen molar-refractivity contribution in [3.63, 3.8) is 0 Å². The van der Waals surface area contributed by atoms with E-state index in [1.165, 1.54) is 5.56 Å². The van der Waals surface area contributed by atoms with E-state index in [2.05, 4.69) is 0 Å². The maximum atomic E-state index is 11.9. The molecule has 0 saturated heterocycles. The molecule has 0 aliphatic carbocycles. The van der Waals surface area contributed by atoms with Crippen molar-refractivity contribution in [3.8, 4) is 5.75 Å². The van der Waals surface area contributed by atoms with E-state index in [1.807, 2.05) is 37.3 Å². The third-order valence-electron chi connectivity index (χ3n) is 3.37. The lowest BCUT2D eigenvalue weighted by molar-refractivity contribution is 0.0454. The van der Waals surface area contributed by atoms with Crippen LogP contribution in [0.15, 0.2) is 42.5 Å². The standard InChI is InChI=1S/C16H14O3/c1-10-6-8-11(9-7-10)15-14-12(16(17)19-15)4-3-5-13(14)18-2/h3-9,15H,1-2H3. The SMILES string of the molecule is COc1cccc2c1C(c1ccc(C)cc1)OC2=O. The number of carbonyl (C=O) groups excluding carboxylic acids is 1. The zero-order chi connectivity index (χ0) is 13.4. The van der Waals surface area contributed by atoms with Gasteiger partial charge in [-0.2, -0.15) is 0 Å². The zero-order valence-electron chi connectivity index (χ0n) is 10.8. The Morgan fingerprint density at radius 2 is 1.84 bits per heavy atom. The summed E-state index contributed by atoms with van der Waals surface area (Å²) in [7, 11) is 1.60. The van der Waals surface area contributed by atoms with Crippen molar-refractivity contribution in [2.24, 2.45) is 0 Å². The van der Waals surface area contributed by atoms with Gasteiger partial charge in [0, 0.05) is 0 Å². The van der Waals surface area contributed by atoms with Gasteiger partial charge in [0.2, 0.25) is 0 Å². The van der Waals surface area contributed by atoms with E-state index in [0.29, 0.717) is 11.3 Å². The molecule has 0 amide bonds. The van der Waals surface area contributed by atoms with Crippen LogP contribution in [0, 0.1) is 6.92 Å². The molecule has 2 aromatic rings. The third-order valence-corrected chi connectivity index (χ3v) is 3.37. The van der Waals surface area contributed by atoms with Gasteiger partial charge in [-0.3, -0.25) is 0 Å². The van der Waals surface area contributed by atoms with Crippen molar-refractivity contribution in [2.45, 2.75) is 13.0 Å². The van der Waals surface area contributed by atoms with Gasteiger partial charge < -0.3 is 9.47 Å². The topological polar surface area (TPSA) is 35.5 Å². The first-order chi connectivity index (χ1) is 9.20. The number of fused-ring (bicyclic) bond motifs is 1. The number of aryl methyl sites for hydroxylation is 1. The fourth-order valence-electron chi connectivity index (χ4n) is 2.38.